The van der Waals surface area contributed by atoms with Gasteiger partial charge >= 0.3 is 0 Å². The fourth-order valence-corrected chi connectivity index (χ4v) is 3.73. The summed E-state index contributed by atoms with van der Waals surface area (Å²) >= 11 is 0.810. The number of halogens is 1. The molecule has 0 unspecified atom stereocenters. The van der Waals surface area contributed by atoms with Crippen molar-refractivity contribution in [2.75, 3.05) is 18.4 Å². The molecule has 0 aliphatic carbocycles. The minimum absolute atomic E-state index is 0.0542. The van der Waals surface area contributed by atoms with Crippen molar-refractivity contribution < 1.29 is 23.6 Å². The van der Waals surface area contributed by atoms with E-state index in [4.69, 9.17) is 0 Å². The number of rotatable bonds is 7. The zero-order valence-corrected chi connectivity index (χ0v) is 17.5. The van der Waals surface area contributed by atoms with E-state index in [1.807, 2.05) is 0 Å². The highest BCUT2D eigenvalue weighted by molar-refractivity contribution is 8.18. The van der Waals surface area contributed by atoms with E-state index in [1.165, 1.54) is 37.3 Å². The fourth-order valence-electron chi connectivity index (χ4n) is 2.87. The van der Waals surface area contributed by atoms with Gasteiger partial charge in [-0.05, 0) is 53.2 Å². The Hall–Kier alpha value is -3.46. The Morgan fingerprint density at radius 1 is 1.06 bits per heavy atom. The Kier molecular flexibility index (Phi) is 7.19. The molecule has 31 heavy (non-hydrogen) atoms. The van der Waals surface area contributed by atoms with E-state index < -0.39 is 11.1 Å². The van der Waals surface area contributed by atoms with Gasteiger partial charge in [-0.1, -0.05) is 24.3 Å². The van der Waals surface area contributed by atoms with Gasteiger partial charge in [0.15, 0.2) is 0 Å². The summed E-state index contributed by atoms with van der Waals surface area (Å²) in [7, 11) is 0. The van der Waals surface area contributed by atoms with Crippen molar-refractivity contribution in [3.05, 3.63) is 70.4 Å². The molecule has 3 rings (SSSR count). The number of amides is 4. The van der Waals surface area contributed by atoms with Crippen LogP contribution in [0.15, 0.2) is 53.4 Å². The summed E-state index contributed by atoms with van der Waals surface area (Å²) in [5.74, 6) is -1.25. The van der Waals surface area contributed by atoms with Gasteiger partial charge in [-0.15, -0.1) is 0 Å². The lowest BCUT2D eigenvalue weighted by Gasteiger charge is -2.13. The summed E-state index contributed by atoms with van der Waals surface area (Å²) in [6.45, 7) is 1.60. The number of benzene rings is 2. The molecule has 0 radical (unpaired) electrons. The van der Waals surface area contributed by atoms with Crippen molar-refractivity contribution in [3.8, 4) is 0 Å². The minimum atomic E-state index is -0.442. The third kappa shape index (κ3) is 6.26. The van der Waals surface area contributed by atoms with Crippen molar-refractivity contribution in [3.63, 3.8) is 0 Å². The maximum atomic E-state index is 13.0. The second-order valence-corrected chi connectivity index (χ2v) is 7.78. The quantitative estimate of drug-likeness (QED) is 0.644. The number of hydrogen-bond acceptors (Lipinski definition) is 5. The highest BCUT2D eigenvalue weighted by atomic mass is 32.2. The number of thioether (sulfide) groups is 1. The predicted octanol–water partition coefficient (Wildman–Crippen LogP) is 3.18. The van der Waals surface area contributed by atoms with Gasteiger partial charge in [-0.25, -0.2) is 4.39 Å². The summed E-state index contributed by atoms with van der Waals surface area (Å²) in [4.78, 5) is 49.1. The minimum Gasteiger partial charge on any atom is -0.354 e. The van der Waals surface area contributed by atoms with Crippen molar-refractivity contribution in [1.82, 2.24) is 10.2 Å². The molecule has 0 saturated carbocycles. The molecule has 0 aromatic heterocycles. The Morgan fingerprint density at radius 3 is 2.39 bits per heavy atom. The standard InChI is InChI=1S/C22H20FN3O4S/c1-14(27)25-18-8-4-16(5-9-18)13-20(28)24-10-11-26-21(29)19(31-22(26)30)12-15-2-6-17(23)7-3-15/h2-9,12H,10-11,13H2,1H3,(H,24,28)(H,25,27)/b19-12-. The summed E-state index contributed by atoms with van der Waals surface area (Å²) in [6.07, 6.45) is 1.67. The van der Waals surface area contributed by atoms with Gasteiger partial charge in [-0.2, -0.15) is 0 Å². The van der Waals surface area contributed by atoms with Crippen LogP contribution in [0.1, 0.15) is 18.1 Å². The zero-order valence-electron chi connectivity index (χ0n) is 16.7. The fraction of sp³-hybridized carbons (Fsp3) is 0.182. The van der Waals surface area contributed by atoms with Crippen LogP contribution in [0.4, 0.5) is 14.9 Å². The Balaban J connectivity index is 1.49. The van der Waals surface area contributed by atoms with Gasteiger partial charge in [0.1, 0.15) is 5.82 Å². The van der Waals surface area contributed by atoms with Crippen LogP contribution < -0.4 is 10.6 Å². The summed E-state index contributed by atoms with van der Waals surface area (Å²) in [5, 5.41) is 4.92. The van der Waals surface area contributed by atoms with Crippen LogP contribution in [-0.2, 0) is 20.8 Å². The van der Waals surface area contributed by atoms with Gasteiger partial charge in [0.05, 0.1) is 11.3 Å². The predicted molar refractivity (Wildman–Crippen MR) is 117 cm³/mol. The number of carbonyl (C=O) groups excluding carboxylic acids is 4. The molecule has 9 heteroatoms. The van der Waals surface area contributed by atoms with Crippen LogP contribution in [0.5, 0.6) is 0 Å². The number of anilines is 1. The lowest BCUT2D eigenvalue weighted by molar-refractivity contribution is -0.124. The third-order valence-corrected chi connectivity index (χ3v) is 5.25. The maximum absolute atomic E-state index is 13.0. The first-order valence-corrected chi connectivity index (χ1v) is 10.3. The Morgan fingerprint density at radius 2 is 1.74 bits per heavy atom. The van der Waals surface area contributed by atoms with Gasteiger partial charge in [0.25, 0.3) is 11.1 Å². The molecular weight excluding hydrogens is 421 g/mol. The van der Waals surface area contributed by atoms with Crippen LogP contribution >= 0.6 is 11.8 Å². The molecule has 0 spiro atoms. The molecule has 1 saturated heterocycles. The average molecular weight is 441 g/mol. The topological polar surface area (TPSA) is 95.6 Å². The molecule has 2 aromatic carbocycles. The molecule has 2 N–H and O–H groups in total. The third-order valence-electron chi connectivity index (χ3n) is 4.34. The number of nitrogens with one attached hydrogen (secondary N) is 2. The monoisotopic (exact) mass is 441 g/mol. The lowest BCUT2D eigenvalue weighted by Crippen LogP contribution is -2.37. The Labute approximate surface area is 182 Å². The molecule has 1 heterocycles. The molecule has 1 aliphatic rings. The van der Waals surface area contributed by atoms with E-state index in [2.05, 4.69) is 10.6 Å². The normalized spacial score (nSPS) is 14.8. The SMILES string of the molecule is CC(=O)Nc1ccc(CC(=O)NCCN2C(=O)S/C(=C\c3ccc(F)cc3)C2=O)cc1. The molecule has 0 bridgehead atoms. The van der Waals surface area contributed by atoms with E-state index in [9.17, 15) is 23.6 Å². The number of carbonyl (C=O) groups is 4. The van der Waals surface area contributed by atoms with E-state index in [0.717, 1.165) is 22.2 Å². The molecule has 7 nitrogen and oxygen atoms in total. The highest BCUT2D eigenvalue weighted by Gasteiger charge is 2.34. The Bertz CT molecular complexity index is 1040. The second kappa shape index (κ2) is 10.0. The van der Waals surface area contributed by atoms with E-state index in [-0.39, 0.29) is 42.0 Å². The lowest BCUT2D eigenvalue weighted by atomic mass is 10.1. The maximum Gasteiger partial charge on any atom is 0.293 e. The van der Waals surface area contributed by atoms with Crippen LogP contribution in [0, 0.1) is 5.82 Å². The molecule has 1 fully saturated rings. The first-order valence-electron chi connectivity index (χ1n) is 9.46. The second-order valence-electron chi connectivity index (χ2n) is 6.79. The number of hydrogen-bond donors (Lipinski definition) is 2. The van der Waals surface area contributed by atoms with Crippen LogP contribution in [0.25, 0.3) is 6.08 Å². The van der Waals surface area contributed by atoms with Gasteiger partial charge in [0.2, 0.25) is 11.8 Å². The summed E-state index contributed by atoms with van der Waals surface area (Å²) in [6, 6.07) is 12.5. The zero-order chi connectivity index (χ0) is 22.4. The molecule has 1 aliphatic heterocycles. The van der Waals surface area contributed by atoms with Gasteiger partial charge < -0.3 is 10.6 Å². The van der Waals surface area contributed by atoms with Gasteiger partial charge in [-0.3, -0.25) is 24.1 Å². The molecule has 4 amide bonds. The molecule has 160 valence electrons. The number of nitrogens with zero attached hydrogens (tertiary/aromatic N) is 1. The van der Waals surface area contributed by atoms with Crippen molar-refractivity contribution >= 4 is 46.5 Å². The molecule has 0 atom stereocenters. The van der Waals surface area contributed by atoms with Crippen LogP contribution in [-0.4, -0.2) is 41.0 Å². The number of imide groups is 1. The highest BCUT2D eigenvalue weighted by Crippen LogP contribution is 2.31. The molecule has 2 aromatic rings. The average Bonchev–Trinajstić information content (AvgIpc) is 2.98. The first kappa shape index (κ1) is 22.2. The van der Waals surface area contributed by atoms with Crippen LogP contribution in [0.3, 0.4) is 0 Å². The van der Waals surface area contributed by atoms with E-state index >= 15 is 0 Å². The van der Waals surface area contributed by atoms with Crippen molar-refractivity contribution in [1.29, 1.82) is 0 Å². The van der Waals surface area contributed by atoms with Crippen molar-refractivity contribution in [2.45, 2.75) is 13.3 Å². The molecular formula is C22H20FN3O4S. The summed E-state index contributed by atoms with van der Waals surface area (Å²) < 4.78 is 13.0. The van der Waals surface area contributed by atoms with Crippen LogP contribution in [0.2, 0.25) is 0 Å². The van der Waals surface area contributed by atoms with E-state index in [1.54, 1.807) is 24.3 Å². The van der Waals surface area contributed by atoms with Gasteiger partial charge in [0, 0.05) is 25.7 Å². The smallest absolute Gasteiger partial charge is 0.293 e. The van der Waals surface area contributed by atoms with Crippen molar-refractivity contribution in [2.24, 2.45) is 0 Å². The summed E-state index contributed by atoms with van der Waals surface area (Å²) in [5.41, 5.74) is 2.02. The van der Waals surface area contributed by atoms with E-state index in [0.29, 0.717) is 11.3 Å². The first-order chi connectivity index (χ1) is 14.8. The largest absolute Gasteiger partial charge is 0.354 e.